The molecule has 124 valence electrons. The van der Waals surface area contributed by atoms with E-state index in [2.05, 4.69) is 5.32 Å². The summed E-state index contributed by atoms with van der Waals surface area (Å²) in [5.41, 5.74) is 2.82. The lowest BCUT2D eigenvalue weighted by molar-refractivity contribution is -0.146. The molecule has 1 aliphatic carbocycles. The molecule has 1 amide bonds. The third-order valence-corrected chi connectivity index (χ3v) is 3.98. The molecule has 2 atom stereocenters. The molecule has 3 rings (SSSR count). The Morgan fingerprint density at radius 1 is 1.04 bits per heavy atom. The molecule has 5 heteroatoms. The predicted molar refractivity (Wildman–Crippen MR) is 88.1 cm³/mol. The molecule has 0 unspecified atom stereocenters. The van der Waals surface area contributed by atoms with E-state index in [0.717, 1.165) is 16.7 Å². The fourth-order valence-electron chi connectivity index (χ4n) is 2.95. The lowest BCUT2D eigenvalue weighted by atomic mass is 10.1. The molecule has 0 aromatic heterocycles. The summed E-state index contributed by atoms with van der Waals surface area (Å²) in [6.07, 6.45) is -0.306. The van der Waals surface area contributed by atoms with Gasteiger partial charge < -0.3 is 14.8 Å². The van der Waals surface area contributed by atoms with Crippen molar-refractivity contribution < 1.29 is 19.1 Å². The van der Waals surface area contributed by atoms with Crippen LogP contribution in [0.5, 0.6) is 0 Å². The highest BCUT2D eigenvalue weighted by Crippen LogP contribution is 2.40. The van der Waals surface area contributed by atoms with Crippen molar-refractivity contribution in [2.75, 3.05) is 0 Å². The number of alkyl carbamates (subject to hydrolysis) is 1. The Morgan fingerprint density at radius 2 is 1.71 bits per heavy atom. The molecule has 0 saturated carbocycles. The van der Waals surface area contributed by atoms with Gasteiger partial charge in [0.25, 0.3) is 0 Å². The smallest absolute Gasteiger partial charge is 0.407 e. The molecule has 0 heterocycles. The van der Waals surface area contributed by atoms with Gasteiger partial charge in [-0.25, -0.2) is 4.79 Å². The quantitative estimate of drug-likeness (QED) is 0.871. The number of fused-ring (bicyclic) bond motifs is 1. The second-order valence-electron chi connectivity index (χ2n) is 5.72. The summed E-state index contributed by atoms with van der Waals surface area (Å²) in [5, 5.41) is 2.86. The van der Waals surface area contributed by atoms with Gasteiger partial charge in [0.15, 0.2) is 0 Å². The Labute approximate surface area is 140 Å². The number of carbonyl (C=O) groups excluding carboxylic acids is 2. The number of rotatable bonds is 4. The molecule has 0 bridgehead atoms. The number of hydrogen-bond donors (Lipinski definition) is 1. The normalized spacial score (nSPS) is 18.5. The summed E-state index contributed by atoms with van der Waals surface area (Å²) in [6, 6.07) is 16.9. The van der Waals surface area contributed by atoms with Crippen LogP contribution in [0, 0.1) is 0 Å². The number of carbonyl (C=O) groups is 2. The van der Waals surface area contributed by atoms with E-state index >= 15 is 0 Å². The van der Waals surface area contributed by atoms with Crippen LogP contribution in [-0.4, -0.2) is 12.1 Å². The van der Waals surface area contributed by atoms with Crippen LogP contribution >= 0.6 is 0 Å². The standard InChI is InChI=1S/C19H19NO4/c1-13(21)24-18-11-17(15-9-5-6-10-16(15)18)20-19(22)23-12-14-7-3-2-4-8-14/h2-10,17-18H,11-12H2,1H3,(H,20,22)/t17-,18-/m1/s1. The van der Waals surface area contributed by atoms with Gasteiger partial charge in [-0.05, 0) is 16.7 Å². The van der Waals surface area contributed by atoms with Crippen molar-refractivity contribution in [3.63, 3.8) is 0 Å². The van der Waals surface area contributed by atoms with Crippen LogP contribution in [0.15, 0.2) is 54.6 Å². The number of ether oxygens (including phenoxy) is 2. The largest absolute Gasteiger partial charge is 0.458 e. The fraction of sp³-hybridized carbons (Fsp3) is 0.263. The maximum atomic E-state index is 12.1. The molecule has 0 saturated heterocycles. The summed E-state index contributed by atoms with van der Waals surface area (Å²) in [6.45, 7) is 1.60. The summed E-state index contributed by atoms with van der Waals surface area (Å²) in [4.78, 5) is 23.3. The molecule has 2 aromatic rings. The van der Waals surface area contributed by atoms with Crippen molar-refractivity contribution in [1.82, 2.24) is 5.32 Å². The topological polar surface area (TPSA) is 64.6 Å². The van der Waals surface area contributed by atoms with Gasteiger partial charge >= 0.3 is 12.1 Å². The first-order valence-corrected chi connectivity index (χ1v) is 7.86. The van der Waals surface area contributed by atoms with Crippen molar-refractivity contribution in [3.8, 4) is 0 Å². The molecular formula is C19H19NO4. The SMILES string of the molecule is CC(=O)O[C@@H]1C[C@@H](NC(=O)OCc2ccccc2)c2ccccc21. The van der Waals surface area contributed by atoms with Gasteiger partial charge in [0, 0.05) is 13.3 Å². The average molecular weight is 325 g/mol. The van der Waals surface area contributed by atoms with Crippen LogP contribution in [0.1, 0.15) is 42.2 Å². The molecule has 1 N–H and O–H groups in total. The van der Waals surface area contributed by atoms with Crippen molar-refractivity contribution in [2.45, 2.75) is 32.1 Å². The number of esters is 1. The first-order valence-electron chi connectivity index (χ1n) is 7.86. The Balaban J connectivity index is 1.62. The molecule has 0 radical (unpaired) electrons. The van der Waals surface area contributed by atoms with Crippen molar-refractivity contribution in [3.05, 3.63) is 71.3 Å². The molecule has 0 spiro atoms. The fourth-order valence-corrected chi connectivity index (χ4v) is 2.95. The summed E-state index contributed by atoms with van der Waals surface area (Å²) in [5.74, 6) is -0.331. The van der Waals surface area contributed by atoms with E-state index in [-0.39, 0.29) is 24.7 Å². The van der Waals surface area contributed by atoms with E-state index in [1.54, 1.807) is 0 Å². The van der Waals surface area contributed by atoms with Crippen LogP contribution in [0.2, 0.25) is 0 Å². The van der Waals surface area contributed by atoms with Crippen LogP contribution in [0.4, 0.5) is 4.79 Å². The van der Waals surface area contributed by atoms with E-state index in [4.69, 9.17) is 9.47 Å². The average Bonchev–Trinajstić information content (AvgIpc) is 2.91. The summed E-state index contributed by atoms with van der Waals surface area (Å²) >= 11 is 0. The monoisotopic (exact) mass is 325 g/mol. The minimum Gasteiger partial charge on any atom is -0.458 e. The van der Waals surface area contributed by atoms with Gasteiger partial charge in [-0.3, -0.25) is 4.79 Å². The van der Waals surface area contributed by atoms with Crippen LogP contribution < -0.4 is 5.32 Å². The minimum atomic E-state index is -0.484. The van der Waals surface area contributed by atoms with E-state index < -0.39 is 6.09 Å². The predicted octanol–water partition coefficient (Wildman–Crippen LogP) is 3.66. The first-order chi connectivity index (χ1) is 11.6. The van der Waals surface area contributed by atoms with Crippen LogP contribution in [0.25, 0.3) is 0 Å². The molecule has 24 heavy (non-hydrogen) atoms. The van der Waals surface area contributed by atoms with Gasteiger partial charge in [0.1, 0.15) is 12.7 Å². The van der Waals surface area contributed by atoms with E-state index in [1.165, 1.54) is 6.92 Å². The zero-order valence-corrected chi connectivity index (χ0v) is 13.4. The number of nitrogens with one attached hydrogen (secondary N) is 1. The van der Waals surface area contributed by atoms with Gasteiger partial charge in [-0.2, -0.15) is 0 Å². The zero-order chi connectivity index (χ0) is 16.9. The second-order valence-corrected chi connectivity index (χ2v) is 5.72. The third-order valence-electron chi connectivity index (χ3n) is 3.98. The highest BCUT2D eigenvalue weighted by molar-refractivity contribution is 5.69. The van der Waals surface area contributed by atoms with Crippen molar-refractivity contribution in [2.24, 2.45) is 0 Å². The molecule has 0 aliphatic heterocycles. The third kappa shape index (κ3) is 3.74. The molecule has 1 aliphatic rings. The molecule has 0 fully saturated rings. The first kappa shape index (κ1) is 16.1. The highest BCUT2D eigenvalue weighted by atomic mass is 16.6. The maximum Gasteiger partial charge on any atom is 0.407 e. The summed E-state index contributed by atoms with van der Waals surface area (Å²) < 4.78 is 10.6. The van der Waals surface area contributed by atoms with E-state index in [9.17, 15) is 9.59 Å². The lowest BCUT2D eigenvalue weighted by Crippen LogP contribution is -2.28. The molecule has 2 aromatic carbocycles. The van der Waals surface area contributed by atoms with Gasteiger partial charge in [-0.15, -0.1) is 0 Å². The van der Waals surface area contributed by atoms with Crippen LogP contribution in [-0.2, 0) is 20.9 Å². The Morgan fingerprint density at radius 3 is 2.42 bits per heavy atom. The van der Waals surface area contributed by atoms with E-state index in [1.807, 2.05) is 54.6 Å². The highest BCUT2D eigenvalue weighted by Gasteiger charge is 2.33. The van der Waals surface area contributed by atoms with Crippen molar-refractivity contribution >= 4 is 12.1 Å². The maximum absolute atomic E-state index is 12.1. The Kier molecular flexibility index (Phi) is 4.79. The Bertz CT molecular complexity index is 729. The second kappa shape index (κ2) is 7.17. The van der Waals surface area contributed by atoms with Gasteiger partial charge in [0.2, 0.25) is 0 Å². The molecule has 5 nitrogen and oxygen atoms in total. The van der Waals surface area contributed by atoms with E-state index in [0.29, 0.717) is 6.42 Å². The van der Waals surface area contributed by atoms with Crippen LogP contribution in [0.3, 0.4) is 0 Å². The van der Waals surface area contributed by atoms with Gasteiger partial charge in [0.05, 0.1) is 6.04 Å². The Hall–Kier alpha value is -2.82. The minimum absolute atomic E-state index is 0.217. The number of hydrogen-bond acceptors (Lipinski definition) is 4. The number of amides is 1. The zero-order valence-electron chi connectivity index (χ0n) is 13.4. The summed E-state index contributed by atoms with van der Waals surface area (Å²) in [7, 11) is 0. The van der Waals surface area contributed by atoms with Gasteiger partial charge in [-0.1, -0.05) is 54.6 Å². The lowest BCUT2D eigenvalue weighted by Gasteiger charge is -2.14. The van der Waals surface area contributed by atoms with Crippen molar-refractivity contribution in [1.29, 1.82) is 0 Å². The molecular weight excluding hydrogens is 306 g/mol. The number of benzene rings is 2.